The highest BCUT2D eigenvalue weighted by Crippen LogP contribution is 2.12. The Hall–Kier alpha value is -2.83. The molecule has 7 nitrogen and oxygen atoms in total. The first-order chi connectivity index (χ1) is 8.50. The zero-order valence-corrected chi connectivity index (χ0v) is 8.95. The van der Waals surface area contributed by atoms with Gasteiger partial charge in [-0.2, -0.15) is 0 Å². The van der Waals surface area contributed by atoms with Crippen molar-refractivity contribution in [2.75, 3.05) is 0 Å². The highest BCUT2D eigenvalue weighted by atomic mass is 16.4. The summed E-state index contributed by atoms with van der Waals surface area (Å²) in [6.45, 7) is 0. The predicted octanol–water partition coefficient (Wildman–Crippen LogP) is 0.562. The summed E-state index contributed by atoms with van der Waals surface area (Å²) in [4.78, 5) is 33.3. The van der Waals surface area contributed by atoms with E-state index in [0.717, 1.165) is 10.7 Å². The molecule has 92 valence electrons. The van der Waals surface area contributed by atoms with Gasteiger partial charge in [-0.15, -0.1) is 0 Å². The quantitative estimate of drug-likeness (QED) is 0.734. The maximum absolute atomic E-state index is 11.6. The Morgan fingerprint density at radius 3 is 2.33 bits per heavy atom. The Labute approximate surface area is 99.9 Å². The van der Waals surface area contributed by atoms with Gasteiger partial charge >= 0.3 is 11.9 Å². The Kier molecular flexibility index (Phi) is 2.72. The molecule has 0 amide bonds. The molecule has 1 aromatic heterocycles. The molecule has 0 saturated carbocycles. The number of aromatic nitrogens is 2. The second kappa shape index (κ2) is 4.21. The third-order valence-corrected chi connectivity index (χ3v) is 2.33. The van der Waals surface area contributed by atoms with Crippen LogP contribution in [0.15, 0.2) is 35.1 Å². The average Bonchev–Trinajstić information content (AvgIpc) is 2.71. The fourth-order valence-electron chi connectivity index (χ4n) is 1.53. The summed E-state index contributed by atoms with van der Waals surface area (Å²) < 4.78 is 0.882. The molecule has 0 spiro atoms. The van der Waals surface area contributed by atoms with Crippen LogP contribution in [0.25, 0.3) is 5.69 Å². The molecular formula is C11H8N2O5. The molecule has 2 rings (SSSR count). The number of benzene rings is 1. The number of carboxylic acid groups (broad SMARTS) is 2. The number of hydrogen-bond acceptors (Lipinski definition) is 3. The molecule has 2 aromatic rings. The lowest BCUT2D eigenvalue weighted by Gasteiger charge is -2.05. The van der Waals surface area contributed by atoms with E-state index in [0.29, 0.717) is 0 Å². The molecule has 0 saturated heterocycles. The van der Waals surface area contributed by atoms with Crippen molar-refractivity contribution in [1.29, 1.82) is 0 Å². The van der Waals surface area contributed by atoms with Crippen LogP contribution in [0.2, 0.25) is 0 Å². The van der Waals surface area contributed by atoms with Crippen molar-refractivity contribution in [3.05, 3.63) is 51.9 Å². The van der Waals surface area contributed by atoms with Crippen LogP contribution in [0, 0.1) is 0 Å². The lowest BCUT2D eigenvalue weighted by Crippen LogP contribution is -2.17. The lowest BCUT2D eigenvalue weighted by atomic mass is 10.2. The molecule has 18 heavy (non-hydrogen) atoms. The van der Waals surface area contributed by atoms with Crippen LogP contribution in [0.4, 0.5) is 0 Å². The molecule has 0 aliphatic carbocycles. The zero-order chi connectivity index (χ0) is 13.3. The van der Waals surface area contributed by atoms with Crippen LogP contribution in [0.5, 0.6) is 0 Å². The number of nitrogens with zero attached hydrogens (tertiary/aromatic N) is 1. The van der Waals surface area contributed by atoms with Crippen LogP contribution in [-0.4, -0.2) is 31.9 Å². The molecule has 0 aliphatic rings. The van der Waals surface area contributed by atoms with Gasteiger partial charge in [0.2, 0.25) is 0 Å². The van der Waals surface area contributed by atoms with Crippen LogP contribution in [0.3, 0.4) is 0 Å². The molecule has 0 bridgehead atoms. The van der Waals surface area contributed by atoms with Crippen LogP contribution >= 0.6 is 0 Å². The van der Waals surface area contributed by atoms with E-state index in [1.807, 2.05) is 0 Å². The van der Waals surface area contributed by atoms with E-state index in [-0.39, 0.29) is 16.9 Å². The van der Waals surface area contributed by atoms with E-state index < -0.39 is 17.5 Å². The number of rotatable bonds is 3. The predicted molar refractivity (Wildman–Crippen MR) is 60.3 cm³/mol. The zero-order valence-electron chi connectivity index (χ0n) is 8.95. The minimum absolute atomic E-state index is 0.0856. The van der Waals surface area contributed by atoms with E-state index >= 15 is 0 Å². The number of aromatic amines is 1. The Morgan fingerprint density at radius 2 is 1.78 bits per heavy atom. The van der Waals surface area contributed by atoms with Crippen molar-refractivity contribution in [2.45, 2.75) is 0 Å². The summed E-state index contributed by atoms with van der Waals surface area (Å²) in [6.07, 6.45) is 0. The number of hydrogen-bond donors (Lipinski definition) is 3. The first-order valence-electron chi connectivity index (χ1n) is 4.89. The number of H-pyrrole nitrogens is 1. The first-order valence-corrected chi connectivity index (χ1v) is 4.89. The summed E-state index contributed by atoms with van der Waals surface area (Å²) in [5.41, 5.74) is -0.956. The summed E-state index contributed by atoms with van der Waals surface area (Å²) in [5, 5.41) is 20.1. The van der Waals surface area contributed by atoms with Crippen molar-refractivity contribution in [3.63, 3.8) is 0 Å². The van der Waals surface area contributed by atoms with Gasteiger partial charge in [-0.25, -0.2) is 14.3 Å². The van der Waals surface area contributed by atoms with E-state index in [2.05, 4.69) is 5.10 Å². The summed E-state index contributed by atoms with van der Waals surface area (Å²) in [5.74, 6) is -2.50. The molecular weight excluding hydrogens is 240 g/mol. The highest BCUT2D eigenvalue weighted by molar-refractivity contribution is 5.92. The maximum Gasteiger partial charge on any atom is 0.353 e. The SMILES string of the molecule is O=C(O)c1cc(=O)n(-c2ccccc2C(=O)O)[nH]1. The molecule has 0 unspecified atom stereocenters. The third kappa shape index (κ3) is 1.88. The van der Waals surface area contributed by atoms with Crippen molar-refractivity contribution < 1.29 is 19.8 Å². The van der Waals surface area contributed by atoms with Crippen molar-refractivity contribution in [3.8, 4) is 5.69 Å². The van der Waals surface area contributed by atoms with Crippen molar-refractivity contribution in [1.82, 2.24) is 9.78 Å². The van der Waals surface area contributed by atoms with E-state index in [4.69, 9.17) is 10.2 Å². The van der Waals surface area contributed by atoms with Gasteiger partial charge in [0.15, 0.2) is 0 Å². The third-order valence-electron chi connectivity index (χ3n) is 2.33. The topological polar surface area (TPSA) is 112 Å². The van der Waals surface area contributed by atoms with Gasteiger partial charge in [0, 0.05) is 6.07 Å². The molecule has 7 heteroatoms. The fourth-order valence-corrected chi connectivity index (χ4v) is 1.53. The van der Waals surface area contributed by atoms with Crippen LogP contribution in [-0.2, 0) is 0 Å². The van der Waals surface area contributed by atoms with Gasteiger partial charge in [-0.1, -0.05) is 12.1 Å². The number of carbonyl (C=O) groups is 2. The lowest BCUT2D eigenvalue weighted by molar-refractivity contribution is 0.0684. The summed E-state index contributed by atoms with van der Waals surface area (Å²) in [6, 6.07) is 6.69. The monoisotopic (exact) mass is 248 g/mol. The molecule has 3 N–H and O–H groups in total. The minimum atomic E-state index is -1.29. The van der Waals surface area contributed by atoms with Crippen LogP contribution in [0.1, 0.15) is 20.8 Å². The van der Waals surface area contributed by atoms with Gasteiger partial charge in [-0.05, 0) is 12.1 Å². The Bertz CT molecular complexity index is 683. The van der Waals surface area contributed by atoms with Gasteiger partial charge in [0.05, 0.1) is 11.3 Å². The summed E-state index contributed by atoms with van der Waals surface area (Å²) >= 11 is 0. The largest absolute Gasteiger partial charge is 0.478 e. The molecule has 0 radical (unpaired) electrons. The number of para-hydroxylation sites is 1. The smallest absolute Gasteiger partial charge is 0.353 e. The normalized spacial score (nSPS) is 10.2. The number of aromatic carboxylic acids is 2. The van der Waals surface area contributed by atoms with Gasteiger partial charge in [-0.3, -0.25) is 9.89 Å². The molecule has 0 fully saturated rings. The highest BCUT2D eigenvalue weighted by Gasteiger charge is 2.15. The van der Waals surface area contributed by atoms with Crippen molar-refractivity contribution >= 4 is 11.9 Å². The average molecular weight is 248 g/mol. The molecule has 0 atom stereocenters. The van der Waals surface area contributed by atoms with Crippen molar-refractivity contribution in [2.24, 2.45) is 0 Å². The van der Waals surface area contributed by atoms with Gasteiger partial charge < -0.3 is 10.2 Å². The maximum atomic E-state index is 11.6. The Balaban J connectivity index is 2.66. The van der Waals surface area contributed by atoms with Gasteiger partial charge in [0.25, 0.3) is 5.56 Å². The first kappa shape index (κ1) is 11.6. The number of carboxylic acids is 2. The second-order valence-electron chi connectivity index (χ2n) is 3.47. The second-order valence-corrected chi connectivity index (χ2v) is 3.47. The Morgan fingerprint density at radius 1 is 1.11 bits per heavy atom. The fraction of sp³-hybridized carbons (Fsp3) is 0. The molecule has 1 aromatic carbocycles. The molecule has 1 heterocycles. The van der Waals surface area contributed by atoms with E-state index in [1.54, 1.807) is 6.07 Å². The van der Waals surface area contributed by atoms with Gasteiger partial charge in [0.1, 0.15) is 5.69 Å². The van der Waals surface area contributed by atoms with Crippen LogP contribution < -0.4 is 5.56 Å². The molecule has 0 aliphatic heterocycles. The number of nitrogens with one attached hydrogen (secondary N) is 1. The standard InChI is InChI=1S/C11H8N2O5/c14-9-5-7(11(17)18)12-13(9)8-4-2-1-3-6(8)10(15)16/h1-5,12H,(H,15,16)(H,17,18). The summed E-state index contributed by atoms with van der Waals surface area (Å²) in [7, 11) is 0. The van der Waals surface area contributed by atoms with E-state index in [1.165, 1.54) is 18.2 Å². The van der Waals surface area contributed by atoms with E-state index in [9.17, 15) is 14.4 Å². The minimum Gasteiger partial charge on any atom is -0.478 e.